The van der Waals surface area contributed by atoms with Gasteiger partial charge in [0.25, 0.3) is 5.91 Å². The monoisotopic (exact) mass is 475 g/mol. The van der Waals surface area contributed by atoms with Crippen LogP contribution in [0, 0.1) is 0 Å². The first-order valence-electron chi connectivity index (χ1n) is 11.8. The van der Waals surface area contributed by atoms with Crippen molar-refractivity contribution in [2.45, 2.75) is 52.3 Å². The van der Waals surface area contributed by atoms with Crippen LogP contribution in [0.3, 0.4) is 0 Å². The molecule has 1 amide bonds. The number of aromatic nitrogens is 3. The van der Waals surface area contributed by atoms with Crippen LogP contribution >= 0.6 is 0 Å². The second-order valence-electron chi connectivity index (χ2n) is 9.39. The number of rotatable bonds is 8. The Hall–Kier alpha value is -3.56. The van der Waals surface area contributed by atoms with E-state index in [2.05, 4.69) is 48.4 Å². The molecule has 0 bridgehead atoms. The highest BCUT2D eigenvalue weighted by molar-refractivity contribution is 5.99. The summed E-state index contributed by atoms with van der Waals surface area (Å²) in [7, 11) is 1.65. The van der Waals surface area contributed by atoms with E-state index in [9.17, 15) is 4.79 Å². The number of benzene rings is 1. The number of anilines is 4. The molecular formula is C26H33N7O2. The summed E-state index contributed by atoms with van der Waals surface area (Å²) < 4.78 is 5.57. The SMILES string of the molecule is COC(C)(C)c1cc(Nc2nc(Nc3ccc4c(c3)CCNC4)ncc2C(=O)NC(C)C)ccn1. The number of methoxy groups -OCH3 is 1. The molecule has 2 aromatic heterocycles. The average Bonchev–Trinajstić information content (AvgIpc) is 2.84. The van der Waals surface area contributed by atoms with Crippen LogP contribution in [-0.2, 0) is 23.3 Å². The number of carbonyl (C=O) groups excluding carboxylic acids is 1. The van der Waals surface area contributed by atoms with E-state index >= 15 is 0 Å². The Morgan fingerprint density at radius 2 is 1.89 bits per heavy atom. The van der Waals surface area contributed by atoms with Crippen LogP contribution in [0.1, 0.15) is 54.9 Å². The predicted molar refractivity (Wildman–Crippen MR) is 137 cm³/mol. The van der Waals surface area contributed by atoms with Gasteiger partial charge in [0.1, 0.15) is 17.0 Å². The molecule has 3 aromatic rings. The molecule has 0 unspecified atom stereocenters. The van der Waals surface area contributed by atoms with Crippen molar-refractivity contribution in [2.24, 2.45) is 0 Å². The maximum Gasteiger partial charge on any atom is 0.256 e. The molecule has 0 radical (unpaired) electrons. The van der Waals surface area contributed by atoms with E-state index in [4.69, 9.17) is 4.74 Å². The molecule has 184 valence electrons. The lowest BCUT2D eigenvalue weighted by Crippen LogP contribution is -2.31. The molecule has 9 nitrogen and oxygen atoms in total. The third-order valence-electron chi connectivity index (χ3n) is 5.95. The Morgan fingerprint density at radius 3 is 2.66 bits per heavy atom. The van der Waals surface area contributed by atoms with Gasteiger partial charge in [-0.2, -0.15) is 4.98 Å². The zero-order chi connectivity index (χ0) is 25.0. The Bertz CT molecular complexity index is 1210. The zero-order valence-electron chi connectivity index (χ0n) is 20.9. The Labute approximate surface area is 206 Å². The summed E-state index contributed by atoms with van der Waals surface area (Å²) in [4.78, 5) is 26.4. The van der Waals surface area contributed by atoms with Gasteiger partial charge in [-0.25, -0.2) is 4.98 Å². The van der Waals surface area contributed by atoms with Crippen molar-refractivity contribution in [3.8, 4) is 0 Å². The highest BCUT2D eigenvalue weighted by Crippen LogP contribution is 2.27. The molecule has 1 aromatic carbocycles. The number of amides is 1. The van der Waals surface area contributed by atoms with Crippen molar-refractivity contribution >= 4 is 29.0 Å². The smallest absolute Gasteiger partial charge is 0.256 e. The first-order valence-corrected chi connectivity index (χ1v) is 11.8. The summed E-state index contributed by atoms with van der Waals surface area (Å²) in [5, 5.41) is 12.9. The van der Waals surface area contributed by atoms with Crippen molar-refractivity contribution in [1.82, 2.24) is 25.6 Å². The van der Waals surface area contributed by atoms with E-state index in [1.165, 1.54) is 11.1 Å². The van der Waals surface area contributed by atoms with Crippen LogP contribution in [0.2, 0.25) is 0 Å². The van der Waals surface area contributed by atoms with Crippen LogP contribution < -0.4 is 21.3 Å². The zero-order valence-corrected chi connectivity index (χ0v) is 20.9. The summed E-state index contributed by atoms with van der Waals surface area (Å²) in [6, 6.07) is 9.96. The van der Waals surface area contributed by atoms with Gasteiger partial charge in [-0.1, -0.05) is 6.07 Å². The number of ether oxygens (including phenoxy) is 1. The quantitative estimate of drug-likeness (QED) is 0.386. The predicted octanol–water partition coefficient (Wildman–Crippen LogP) is 4.02. The molecule has 1 aliphatic rings. The largest absolute Gasteiger partial charge is 0.373 e. The number of nitrogens with one attached hydrogen (secondary N) is 4. The molecule has 0 fully saturated rings. The minimum absolute atomic E-state index is 0.0202. The molecule has 4 rings (SSSR count). The number of fused-ring (bicyclic) bond motifs is 1. The minimum atomic E-state index is -0.560. The lowest BCUT2D eigenvalue weighted by Gasteiger charge is -2.23. The van der Waals surface area contributed by atoms with Gasteiger partial charge in [-0.05, 0) is 76.1 Å². The molecule has 0 spiro atoms. The molecule has 0 saturated carbocycles. The van der Waals surface area contributed by atoms with E-state index in [0.717, 1.165) is 36.6 Å². The number of hydrogen-bond donors (Lipinski definition) is 4. The van der Waals surface area contributed by atoms with Crippen LogP contribution in [-0.4, -0.2) is 40.6 Å². The third kappa shape index (κ3) is 5.93. The van der Waals surface area contributed by atoms with Gasteiger partial charge in [0.05, 0.1) is 5.69 Å². The van der Waals surface area contributed by atoms with Crippen molar-refractivity contribution in [3.63, 3.8) is 0 Å². The average molecular weight is 476 g/mol. The molecule has 35 heavy (non-hydrogen) atoms. The summed E-state index contributed by atoms with van der Waals surface area (Å²) in [6.07, 6.45) is 4.22. The van der Waals surface area contributed by atoms with Crippen LogP contribution in [0.4, 0.5) is 23.1 Å². The summed E-state index contributed by atoms with van der Waals surface area (Å²) >= 11 is 0. The van der Waals surface area contributed by atoms with Crippen LogP contribution in [0.15, 0.2) is 42.7 Å². The van der Waals surface area contributed by atoms with Crippen molar-refractivity contribution in [1.29, 1.82) is 0 Å². The number of nitrogens with zero attached hydrogens (tertiary/aromatic N) is 3. The van der Waals surface area contributed by atoms with Gasteiger partial charge in [0, 0.05) is 43.5 Å². The van der Waals surface area contributed by atoms with E-state index in [1.807, 2.05) is 45.9 Å². The van der Waals surface area contributed by atoms with Gasteiger partial charge in [-0.15, -0.1) is 0 Å². The van der Waals surface area contributed by atoms with E-state index < -0.39 is 5.60 Å². The summed E-state index contributed by atoms with van der Waals surface area (Å²) in [5.41, 5.74) is 4.81. The van der Waals surface area contributed by atoms with Gasteiger partial charge in [-0.3, -0.25) is 9.78 Å². The lowest BCUT2D eigenvalue weighted by molar-refractivity contribution is 0.0155. The number of pyridine rings is 1. The molecule has 9 heteroatoms. The van der Waals surface area contributed by atoms with Crippen molar-refractivity contribution in [2.75, 3.05) is 24.3 Å². The number of carbonyl (C=O) groups is 1. The lowest BCUT2D eigenvalue weighted by atomic mass is 10.0. The van der Waals surface area contributed by atoms with Gasteiger partial charge < -0.3 is 26.0 Å². The van der Waals surface area contributed by atoms with Crippen molar-refractivity contribution in [3.05, 3.63) is 65.1 Å². The molecular weight excluding hydrogens is 442 g/mol. The highest BCUT2D eigenvalue weighted by atomic mass is 16.5. The topological polar surface area (TPSA) is 113 Å². The fourth-order valence-electron chi connectivity index (χ4n) is 3.81. The second kappa shape index (κ2) is 10.4. The fourth-order valence-corrected chi connectivity index (χ4v) is 3.81. The first kappa shape index (κ1) is 24.6. The normalized spacial score (nSPS) is 13.3. The maximum atomic E-state index is 12.9. The Balaban J connectivity index is 1.65. The molecule has 0 aliphatic carbocycles. The van der Waals surface area contributed by atoms with E-state index in [-0.39, 0.29) is 11.9 Å². The molecule has 1 aliphatic heterocycles. The Morgan fingerprint density at radius 1 is 1.09 bits per heavy atom. The maximum absolute atomic E-state index is 12.9. The Kier molecular flexibility index (Phi) is 7.28. The van der Waals surface area contributed by atoms with Gasteiger partial charge in [0.2, 0.25) is 5.95 Å². The summed E-state index contributed by atoms with van der Waals surface area (Å²) in [5.74, 6) is 0.547. The second-order valence-corrected chi connectivity index (χ2v) is 9.39. The minimum Gasteiger partial charge on any atom is -0.373 e. The summed E-state index contributed by atoms with van der Waals surface area (Å²) in [6.45, 7) is 9.57. The first-order chi connectivity index (χ1) is 16.7. The van der Waals surface area contributed by atoms with Crippen LogP contribution in [0.5, 0.6) is 0 Å². The van der Waals surface area contributed by atoms with Gasteiger partial charge >= 0.3 is 0 Å². The van der Waals surface area contributed by atoms with Crippen LogP contribution in [0.25, 0.3) is 0 Å². The molecule has 0 saturated heterocycles. The fraction of sp³-hybridized carbons (Fsp3) is 0.385. The van der Waals surface area contributed by atoms with Gasteiger partial charge in [0.15, 0.2) is 0 Å². The third-order valence-corrected chi connectivity index (χ3v) is 5.95. The standard InChI is InChI=1S/C26H33N7O2/c1-16(2)30-24(34)21-15-29-25(32-19-7-6-18-14-27-10-8-17(18)12-19)33-23(21)31-20-9-11-28-22(13-20)26(3,4)35-5/h6-7,9,11-13,15-16,27H,8,10,14H2,1-5H3,(H,30,34)(H2,28,29,31,32,33). The molecule has 3 heterocycles. The van der Waals surface area contributed by atoms with Crippen molar-refractivity contribution < 1.29 is 9.53 Å². The molecule has 0 atom stereocenters. The number of hydrogen-bond acceptors (Lipinski definition) is 8. The highest BCUT2D eigenvalue weighted by Gasteiger charge is 2.22. The van der Waals surface area contributed by atoms with E-state index in [1.54, 1.807) is 19.5 Å². The van der Waals surface area contributed by atoms with E-state index in [0.29, 0.717) is 17.3 Å². The molecule has 4 N–H and O–H groups in total.